The summed E-state index contributed by atoms with van der Waals surface area (Å²) < 4.78 is 39.3. The van der Waals surface area contributed by atoms with E-state index in [0.717, 1.165) is 42.9 Å². The van der Waals surface area contributed by atoms with Crippen LogP contribution in [0, 0.1) is 6.54 Å². The molecule has 2 aliphatic rings. The molecule has 9 heteroatoms. The molecule has 0 bridgehead atoms. The molecule has 4 heterocycles. The van der Waals surface area contributed by atoms with E-state index in [1.165, 1.54) is 16.5 Å². The Labute approximate surface area is 223 Å². The first kappa shape index (κ1) is 24.9. The van der Waals surface area contributed by atoms with Crippen LogP contribution in [0.15, 0.2) is 71.9 Å². The predicted molar refractivity (Wildman–Crippen MR) is 146 cm³/mol. The van der Waals surface area contributed by atoms with Gasteiger partial charge in [-0.2, -0.15) is 4.31 Å². The number of H-pyrrole nitrogens is 1. The molecule has 1 radical (unpaired) electrons. The number of fused-ring (bicyclic) bond motifs is 4. The van der Waals surface area contributed by atoms with Crippen molar-refractivity contribution in [2.24, 2.45) is 0 Å². The Morgan fingerprint density at radius 1 is 0.947 bits per heavy atom. The monoisotopic (exact) mass is 531 g/mol. The van der Waals surface area contributed by atoms with Crippen LogP contribution in [0.2, 0.25) is 0 Å². The molecule has 0 unspecified atom stereocenters. The number of nitrogens with one attached hydrogen (secondary N) is 1. The zero-order chi connectivity index (χ0) is 26.3. The molecule has 0 atom stereocenters. The molecule has 1 saturated heterocycles. The van der Waals surface area contributed by atoms with Crippen molar-refractivity contribution in [2.45, 2.75) is 29.7 Å². The van der Waals surface area contributed by atoms with Gasteiger partial charge in [0.1, 0.15) is 11.5 Å². The highest BCUT2D eigenvalue weighted by molar-refractivity contribution is 7.89. The van der Waals surface area contributed by atoms with Gasteiger partial charge in [0.05, 0.1) is 25.7 Å². The lowest BCUT2D eigenvalue weighted by Crippen LogP contribution is -2.52. The van der Waals surface area contributed by atoms with Gasteiger partial charge >= 0.3 is 0 Å². The number of aromatic nitrogens is 2. The standard InChI is InChI=1S/C29H31N4O4S/c1-36-22-3-6-24(7-4-22)38(34,35)33-15-11-29(12-16-33)20-32(18-21-9-13-30-14-10-21)19-27-28(29)25-8-5-23(37-2)17-26(25)31-27/h3-10,13-14,17,19,31H,11-12,15-16,18,20H2,1-2H3. The minimum Gasteiger partial charge on any atom is -0.497 e. The first-order valence-corrected chi connectivity index (χ1v) is 14.2. The van der Waals surface area contributed by atoms with Gasteiger partial charge < -0.3 is 14.5 Å². The van der Waals surface area contributed by atoms with Gasteiger partial charge in [0.2, 0.25) is 10.0 Å². The van der Waals surface area contributed by atoms with Gasteiger partial charge in [0.25, 0.3) is 0 Å². The molecular formula is C29H31N4O4S. The highest BCUT2D eigenvalue weighted by Gasteiger charge is 2.46. The number of benzene rings is 2. The van der Waals surface area contributed by atoms with Gasteiger partial charge in [-0.05, 0) is 72.5 Å². The lowest BCUT2D eigenvalue weighted by Gasteiger charge is -2.47. The van der Waals surface area contributed by atoms with Gasteiger partial charge in [0, 0.05) is 66.7 Å². The van der Waals surface area contributed by atoms with Crippen LogP contribution < -0.4 is 9.47 Å². The molecule has 1 N–H and O–H groups in total. The van der Waals surface area contributed by atoms with E-state index in [0.29, 0.717) is 23.7 Å². The highest BCUT2D eigenvalue weighted by atomic mass is 32.2. The van der Waals surface area contributed by atoms with Crippen LogP contribution in [0.25, 0.3) is 10.9 Å². The van der Waals surface area contributed by atoms with E-state index in [1.54, 1.807) is 42.8 Å². The van der Waals surface area contributed by atoms with Crippen molar-refractivity contribution < 1.29 is 17.9 Å². The molecule has 38 heavy (non-hydrogen) atoms. The molecule has 197 valence electrons. The summed E-state index contributed by atoms with van der Waals surface area (Å²) in [4.78, 5) is 10.4. The van der Waals surface area contributed by atoms with Crippen LogP contribution in [0.3, 0.4) is 0 Å². The largest absolute Gasteiger partial charge is 0.497 e. The minimum atomic E-state index is -3.59. The maximum atomic E-state index is 13.5. The third kappa shape index (κ3) is 4.34. The number of ether oxygens (including phenoxy) is 2. The predicted octanol–water partition coefficient (Wildman–Crippen LogP) is 4.33. The average molecular weight is 532 g/mol. The number of methoxy groups -OCH3 is 2. The second kappa shape index (κ2) is 9.72. The number of nitrogens with zero attached hydrogens (tertiary/aromatic N) is 3. The van der Waals surface area contributed by atoms with Crippen LogP contribution in [0.1, 0.15) is 29.7 Å². The molecule has 1 spiro atoms. The number of hydrogen-bond donors (Lipinski definition) is 1. The third-order valence-electron chi connectivity index (χ3n) is 7.89. The quantitative estimate of drug-likeness (QED) is 0.399. The molecular weight excluding hydrogens is 500 g/mol. The maximum Gasteiger partial charge on any atom is 0.243 e. The zero-order valence-electron chi connectivity index (χ0n) is 21.6. The fourth-order valence-corrected chi connectivity index (χ4v) is 7.41. The topological polar surface area (TPSA) is 87.8 Å². The Hall–Kier alpha value is -3.40. The number of piperidine rings is 1. The average Bonchev–Trinajstić information content (AvgIpc) is 3.32. The van der Waals surface area contributed by atoms with Crippen LogP contribution in [-0.4, -0.2) is 61.4 Å². The first-order valence-electron chi connectivity index (χ1n) is 12.7. The normalized spacial score (nSPS) is 17.9. The SMILES string of the molecule is COc1ccc(S(=O)(=O)N2CCC3(CC2)CN(Cc2ccncc2)[CH]c2[nH]c4cc(OC)ccc4c23)cc1. The number of rotatable bonds is 6. The molecule has 4 aromatic rings. The summed E-state index contributed by atoms with van der Waals surface area (Å²) in [7, 11) is -0.350. The summed E-state index contributed by atoms with van der Waals surface area (Å²) >= 11 is 0. The van der Waals surface area contributed by atoms with Crippen molar-refractivity contribution in [1.29, 1.82) is 0 Å². The highest BCUT2D eigenvalue weighted by Crippen LogP contribution is 2.47. The van der Waals surface area contributed by atoms with Gasteiger partial charge in [-0.1, -0.05) is 0 Å². The molecule has 2 aromatic heterocycles. The lowest BCUT2D eigenvalue weighted by molar-refractivity contribution is 0.156. The van der Waals surface area contributed by atoms with E-state index in [9.17, 15) is 8.42 Å². The fourth-order valence-electron chi connectivity index (χ4n) is 5.97. The second-order valence-corrected chi connectivity index (χ2v) is 12.0. The van der Waals surface area contributed by atoms with Crippen molar-refractivity contribution in [3.05, 3.63) is 90.4 Å². The first-order chi connectivity index (χ1) is 18.4. The number of sulfonamides is 1. The molecule has 0 saturated carbocycles. The fraction of sp³-hybridized carbons (Fsp3) is 0.310. The van der Waals surface area contributed by atoms with E-state index >= 15 is 0 Å². The minimum absolute atomic E-state index is 0.185. The molecule has 8 nitrogen and oxygen atoms in total. The van der Waals surface area contributed by atoms with E-state index in [1.807, 2.05) is 36.7 Å². The summed E-state index contributed by atoms with van der Waals surface area (Å²) in [6, 6.07) is 16.9. The smallest absolute Gasteiger partial charge is 0.243 e. The number of hydrogen-bond acceptors (Lipinski definition) is 6. The van der Waals surface area contributed by atoms with Gasteiger partial charge in [-0.25, -0.2) is 8.42 Å². The van der Waals surface area contributed by atoms with Crippen molar-refractivity contribution in [3.63, 3.8) is 0 Å². The molecule has 6 rings (SSSR count). The van der Waals surface area contributed by atoms with Crippen molar-refractivity contribution >= 4 is 20.9 Å². The van der Waals surface area contributed by atoms with Crippen LogP contribution in [0.4, 0.5) is 0 Å². The van der Waals surface area contributed by atoms with Gasteiger partial charge in [0.15, 0.2) is 0 Å². The van der Waals surface area contributed by atoms with Crippen molar-refractivity contribution in [3.8, 4) is 11.5 Å². The molecule has 2 aliphatic heterocycles. The third-order valence-corrected chi connectivity index (χ3v) is 9.81. The van der Waals surface area contributed by atoms with Gasteiger partial charge in [-0.3, -0.25) is 9.88 Å². The van der Waals surface area contributed by atoms with E-state index in [4.69, 9.17) is 9.47 Å². The summed E-state index contributed by atoms with van der Waals surface area (Å²) in [5, 5.41) is 1.17. The summed E-state index contributed by atoms with van der Waals surface area (Å²) in [5.41, 5.74) is 4.40. The zero-order valence-corrected chi connectivity index (χ0v) is 22.4. The van der Waals surface area contributed by atoms with Crippen LogP contribution in [-0.2, 0) is 22.0 Å². The summed E-state index contributed by atoms with van der Waals surface area (Å²) in [6.07, 6.45) is 5.10. The van der Waals surface area contributed by atoms with Crippen LogP contribution >= 0.6 is 0 Å². The Kier molecular flexibility index (Phi) is 6.37. The summed E-state index contributed by atoms with van der Waals surface area (Å²) in [5.74, 6) is 1.44. The molecule has 1 fully saturated rings. The van der Waals surface area contributed by atoms with E-state index in [2.05, 4.69) is 27.5 Å². The number of pyridine rings is 1. The Bertz CT molecular complexity index is 1540. The van der Waals surface area contributed by atoms with E-state index in [-0.39, 0.29) is 5.41 Å². The second-order valence-electron chi connectivity index (χ2n) is 10.1. The lowest BCUT2D eigenvalue weighted by atomic mass is 9.69. The Morgan fingerprint density at radius 3 is 2.32 bits per heavy atom. The molecule has 0 amide bonds. The van der Waals surface area contributed by atoms with E-state index < -0.39 is 10.0 Å². The molecule has 0 aliphatic carbocycles. The Balaban J connectivity index is 1.33. The molecule has 2 aromatic carbocycles. The Morgan fingerprint density at radius 2 is 1.63 bits per heavy atom. The van der Waals surface area contributed by atoms with Crippen molar-refractivity contribution in [2.75, 3.05) is 33.9 Å². The number of aromatic amines is 1. The summed E-state index contributed by atoms with van der Waals surface area (Å²) in [6.45, 7) is 4.70. The van der Waals surface area contributed by atoms with Crippen molar-refractivity contribution in [1.82, 2.24) is 19.2 Å². The maximum absolute atomic E-state index is 13.5. The van der Waals surface area contributed by atoms with Gasteiger partial charge in [-0.15, -0.1) is 0 Å². The van der Waals surface area contributed by atoms with Crippen LogP contribution in [0.5, 0.6) is 11.5 Å².